The van der Waals surface area contributed by atoms with Crippen molar-refractivity contribution in [2.24, 2.45) is 22.7 Å². The zero-order valence-electron chi connectivity index (χ0n) is 24.2. The van der Waals surface area contributed by atoms with Gasteiger partial charge in [-0.25, -0.2) is 0 Å². The zero-order chi connectivity index (χ0) is 31.4. The fourth-order valence-corrected chi connectivity index (χ4v) is 5.96. The van der Waals surface area contributed by atoms with Crippen molar-refractivity contribution in [2.45, 2.75) is 65.3 Å². The van der Waals surface area contributed by atoms with Crippen molar-refractivity contribution in [1.29, 1.82) is 5.26 Å². The van der Waals surface area contributed by atoms with E-state index in [-0.39, 0.29) is 35.8 Å². The summed E-state index contributed by atoms with van der Waals surface area (Å²) in [5, 5.41) is 15.0. The van der Waals surface area contributed by atoms with Crippen molar-refractivity contribution in [3.8, 4) is 11.8 Å². The number of amides is 3. The van der Waals surface area contributed by atoms with E-state index in [2.05, 4.69) is 10.3 Å². The molecular weight excluding hydrogens is 555 g/mol. The van der Waals surface area contributed by atoms with Crippen LogP contribution in [0.25, 0.3) is 10.9 Å². The number of fused-ring (bicyclic) bond motifs is 2. The van der Waals surface area contributed by atoms with Gasteiger partial charge in [0.05, 0.1) is 13.2 Å². The highest BCUT2D eigenvalue weighted by molar-refractivity contribution is 5.95. The number of nitrogens with zero attached hydrogens (tertiary/aromatic N) is 2. The molecule has 2 fully saturated rings. The third kappa shape index (κ3) is 5.80. The molecule has 1 aliphatic carbocycles. The van der Waals surface area contributed by atoms with Crippen molar-refractivity contribution in [2.75, 3.05) is 13.7 Å². The van der Waals surface area contributed by atoms with Crippen molar-refractivity contribution >= 4 is 28.6 Å². The lowest BCUT2D eigenvalue weighted by Crippen LogP contribution is -2.61. The van der Waals surface area contributed by atoms with E-state index in [1.165, 1.54) is 32.8 Å². The number of rotatable bonds is 7. The first-order valence-electron chi connectivity index (χ1n) is 13.5. The number of aromatic nitrogens is 1. The van der Waals surface area contributed by atoms with Gasteiger partial charge in [0.15, 0.2) is 0 Å². The number of likely N-dealkylation sites (tertiary alicyclic amines) is 1. The normalized spacial score (nSPS) is 22.5. The minimum atomic E-state index is -5.19. The highest BCUT2D eigenvalue weighted by Crippen LogP contribution is 2.65. The number of pyridine rings is 1. The number of halogens is 3. The maximum atomic E-state index is 13.7. The summed E-state index contributed by atoms with van der Waals surface area (Å²) in [6.45, 7) is 8.54. The van der Waals surface area contributed by atoms with Crippen LogP contribution in [0.2, 0.25) is 0 Å². The van der Waals surface area contributed by atoms with E-state index in [1.807, 2.05) is 25.2 Å². The molecule has 4 rings (SSSR count). The Kier molecular flexibility index (Phi) is 7.82. The molecule has 1 aromatic heterocycles. The van der Waals surface area contributed by atoms with Crippen LogP contribution in [0.15, 0.2) is 29.1 Å². The Morgan fingerprint density at radius 2 is 1.86 bits per heavy atom. The average Bonchev–Trinajstić information content (AvgIpc) is 3.22. The lowest BCUT2D eigenvalue weighted by Gasteiger charge is -2.37. The van der Waals surface area contributed by atoms with Crippen LogP contribution in [0.4, 0.5) is 13.2 Å². The largest absolute Gasteiger partial charge is 0.497 e. The first-order valence-corrected chi connectivity index (χ1v) is 13.5. The van der Waals surface area contributed by atoms with E-state index in [4.69, 9.17) is 4.74 Å². The fraction of sp³-hybridized carbons (Fsp3) is 0.552. The van der Waals surface area contributed by atoms with Gasteiger partial charge in [0.1, 0.15) is 23.9 Å². The summed E-state index contributed by atoms with van der Waals surface area (Å²) in [6.07, 6.45) is -5.32. The minimum absolute atomic E-state index is 0.0880. The fourth-order valence-electron chi connectivity index (χ4n) is 5.96. The highest BCUT2D eigenvalue weighted by atomic mass is 19.4. The minimum Gasteiger partial charge on any atom is -0.497 e. The summed E-state index contributed by atoms with van der Waals surface area (Å²) in [7, 11) is 1.51. The lowest BCUT2D eigenvalue weighted by atomic mass is 9.85. The van der Waals surface area contributed by atoms with Gasteiger partial charge >= 0.3 is 12.1 Å². The maximum Gasteiger partial charge on any atom is 0.471 e. The molecule has 0 bridgehead atoms. The van der Waals surface area contributed by atoms with E-state index in [0.717, 1.165) is 0 Å². The Bertz CT molecular complexity index is 1520. The number of aromatic amines is 1. The molecule has 3 N–H and O–H groups in total. The van der Waals surface area contributed by atoms with Crippen molar-refractivity contribution in [1.82, 2.24) is 20.5 Å². The standard InChI is InChI=1S/C29H34F3N5O5/c1-27(2,3)22(36-26(41)29(30,31)32)25(40)37-13-18-20(28(18,4)5)21(37)24(39)34-16(12-33)10-15-9-14-11-17(42-6)7-8-19(14)35-23(15)38/h7-9,11,16,18,20-22H,10,13H2,1-6H3,(H,34,39)(H,35,38)(H,36,41)/t16?,18-,20+,21-,22+/m0/s1. The Morgan fingerprint density at radius 3 is 2.43 bits per heavy atom. The maximum absolute atomic E-state index is 13.7. The summed E-state index contributed by atoms with van der Waals surface area (Å²) in [5.41, 5.74) is -1.04. The molecule has 1 saturated carbocycles. The zero-order valence-corrected chi connectivity index (χ0v) is 24.2. The van der Waals surface area contributed by atoms with Crippen LogP contribution in [-0.2, 0) is 20.8 Å². The summed E-state index contributed by atoms with van der Waals surface area (Å²) in [6, 6.07) is 4.93. The predicted molar refractivity (Wildman–Crippen MR) is 146 cm³/mol. The number of nitrogens with one attached hydrogen (secondary N) is 3. The van der Waals surface area contributed by atoms with Crippen LogP contribution in [-0.4, -0.2) is 65.6 Å². The van der Waals surface area contributed by atoms with Crippen molar-refractivity contribution < 1.29 is 32.3 Å². The van der Waals surface area contributed by atoms with Crippen molar-refractivity contribution in [3.05, 3.63) is 40.2 Å². The van der Waals surface area contributed by atoms with Gasteiger partial charge in [-0.3, -0.25) is 19.2 Å². The number of carbonyl (C=O) groups is 3. The summed E-state index contributed by atoms with van der Waals surface area (Å²) < 4.78 is 44.4. The predicted octanol–water partition coefficient (Wildman–Crippen LogP) is 2.66. The van der Waals surface area contributed by atoms with Gasteiger partial charge in [-0.1, -0.05) is 34.6 Å². The number of methoxy groups -OCH3 is 1. The summed E-state index contributed by atoms with van der Waals surface area (Å²) in [4.78, 5) is 55.8. The molecule has 3 amide bonds. The van der Waals surface area contributed by atoms with Crippen LogP contribution in [0, 0.1) is 34.0 Å². The third-order valence-electron chi connectivity index (χ3n) is 8.43. The molecule has 1 saturated heterocycles. The van der Waals surface area contributed by atoms with Crippen LogP contribution < -0.4 is 20.9 Å². The number of hydrogen-bond donors (Lipinski definition) is 3. The van der Waals surface area contributed by atoms with E-state index in [9.17, 15) is 37.6 Å². The van der Waals surface area contributed by atoms with Gasteiger partial charge in [-0.2, -0.15) is 18.4 Å². The molecule has 226 valence electrons. The van der Waals surface area contributed by atoms with Crippen molar-refractivity contribution in [3.63, 3.8) is 0 Å². The van der Waals surface area contributed by atoms with Gasteiger partial charge in [-0.15, -0.1) is 0 Å². The van der Waals surface area contributed by atoms with E-state index in [0.29, 0.717) is 16.7 Å². The van der Waals surface area contributed by atoms with Gasteiger partial charge in [0, 0.05) is 29.4 Å². The average molecular weight is 590 g/mol. The van der Waals surface area contributed by atoms with Crippen LogP contribution in [0.1, 0.15) is 40.2 Å². The number of piperidine rings is 1. The van der Waals surface area contributed by atoms with Gasteiger partial charge < -0.3 is 25.3 Å². The van der Waals surface area contributed by atoms with Gasteiger partial charge in [0.2, 0.25) is 11.8 Å². The number of carbonyl (C=O) groups excluding carboxylic acids is 3. The van der Waals surface area contributed by atoms with E-state index in [1.54, 1.807) is 24.3 Å². The van der Waals surface area contributed by atoms with Crippen LogP contribution in [0.3, 0.4) is 0 Å². The van der Waals surface area contributed by atoms with Gasteiger partial charge in [-0.05, 0) is 46.9 Å². The molecule has 10 nitrogen and oxygen atoms in total. The number of ether oxygens (including phenoxy) is 1. The topological polar surface area (TPSA) is 144 Å². The molecule has 2 aromatic rings. The van der Waals surface area contributed by atoms with E-state index < -0.39 is 53.0 Å². The number of benzene rings is 1. The molecule has 13 heteroatoms. The van der Waals surface area contributed by atoms with Gasteiger partial charge in [0.25, 0.3) is 5.56 Å². The number of nitriles is 1. The summed E-state index contributed by atoms with van der Waals surface area (Å²) >= 11 is 0. The molecule has 1 aliphatic heterocycles. The highest BCUT2D eigenvalue weighted by Gasteiger charge is 2.70. The monoisotopic (exact) mass is 589 g/mol. The Morgan fingerprint density at radius 1 is 1.19 bits per heavy atom. The molecule has 5 atom stereocenters. The molecule has 1 unspecified atom stereocenters. The number of hydrogen-bond acceptors (Lipinski definition) is 6. The first-order chi connectivity index (χ1) is 19.4. The second-order valence-electron chi connectivity index (χ2n) is 12.6. The molecule has 2 heterocycles. The van der Waals surface area contributed by atoms with Crippen LogP contribution >= 0.6 is 0 Å². The van der Waals surface area contributed by atoms with E-state index >= 15 is 0 Å². The SMILES string of the molecule is COc1ccc2[nH]c(=O)c(CC(C#N)NC(=O)[C@@H]3[C@H]4[C@H](CN3C(=O)[C@@H](NC(=O)C(F)(F)F)C(C)(C)C)C4(C)C)cc2c1. The molecule has 0 radical (unpaired) electrons. The first kappa shape index (κ1) is 30.9. The quantitative estimate of drug-likeness (QED) is 0.453. The third-order valence-corrected chi connectivity index (χ3v) is 8.43. The molecular formula is C29H34F3N5O5. The Balaban J connectivity index is 1.58. The second kappa shape index (κ2) is 10.6. The molecule has 2 aliphatic rings. The molecule has 42 heavy (non-hydrogen) atoms. The Hall–Kier alpha value is -4.08. The lowest BCUT2D eigenvalue weighted by molar-refractivity contribution is -0.176. The number of H-pyrrole nitrogens is 1. The summed E-state index contributed by atoms with van der Waals surface area (Å²) in [5.74, 6) is -3.52. The molecule has 0 spiro atoms. The number of alkyl halides is 3. The Labute approximate surface area is 240 Å². The smallest absolute Gasteiger partial charge is 0.471 e. The molecule has 1 aromatic carbocycles. The van der Waals surface area contributed by atoms with Crippen LogP contribution in [0.5, 0.6) is 5.75 Å². The second-order valence-corrected chi connectivity index (χ2v) is 12.6.